The van der Waals surface area contributed by atoms with Gasteiger partial charge in [0.2, 0.25) is 0 Å². The van der Waals surface area contributed by atoms with Crippen LogP contribution in [0.3, 0.4) is 0 Å². The summed E-state index contributed by atoms with van der Waals surface area (Å²) in [5.74, 6) is 1.34. The smallest absolute Gasteiger partial charge is 0.259 e. The van der Waals surface area contributed by atoms with E-state index in [1.54, 1.807) is 11.3 Å². The van der Waals surface area contributed by atoms with Gasteiger partial charge in [0.05, 0.1) is 17.6 Å². The van der Waals surface area contributed by atoms with Crippen LogP contribution in [0.25, 0.3) is 15.9 Å². The van der Waals surface area contributed by atoms with E-state index < -0.39 is 0 Å². The first-order valence-electron chi connectivity index (χ1n) is 11.9. The topological polar surface area (TPSA) is 69.5 Å². The summed E-state index contributed by atoms with van der Waals surface area (Å²) in [4.78, 5) is 32.5. The number of fused-ring (bicyclic) bond motifs is 2. The van der Waals surface area contributed by atoms with Crippen molar-refractivity contribution in [2.24, 2.45) is 5.92 Å². The van der Waals surface area contributed by atoms with Gasteiger partial charge < -0.3 is 9.38 Å². The lowest BCUT2D eigenvalue weighted by molar-refractivity contribution is 0.119. The number of H-pyrrole nitrogens is 1. The van der Waals surface area contributed by atoms with Gasteiger partial charge in [0, 0.05) is 50.0 Å². The molecule has 0 unspecified atom stereocenters. The summed E-state index contributed by atoms with van der Waals surface area (Å²) in [5, 5.41) is 0.804. The minimum absolute atomic E-state index is 0.0168. The second-order valence-corrected chi connectivity index (χ2v) is 10.5. The summed E-state index contributed by atoms with van der Waals surface area (Å²) >= 11 is 1.66. The molecule has 0 bridgehead atoms. The fraction of sp³-hybridized carbons (Fsp3) is 0.480. The van der Waals surface area contributed by atoms with E-state index in [0.29, 0.717) is 12.5 Å². The number of nitrogens with zero attached hydrogens (tertiary/aromatic N) is 5. The SMILES string of the molecule is CC[C@@H](C)Cc1c(C)sc2nc(CN3CCN(Cc4cn5ccccc5n4)CC3)[nH]c(=O)c12. The van der Waals surface area contributed by atoms with Crippen LogP contribution in [0, 0.1) is 12.8 Å². The molecule has 33 heavy (non-hydrogen) atoms. The third-order valence-electron chi connectivity index (χ3n) is 6.80. The molecule has 1 fully saturated rings. The molecule has 7 nitrogen and oxygen atoms in total. The van der Waals surface area contributed by atoms with Crippen molar-refractivity contribution < 1.29 is 0 Å². The van der Waals surface area contributed by atoms with E-state index in [1.165, 1.54) is 10.4 Å². The highest BCUT2D eigenvalue weighted by Gasteiger charge is 2.21. The summed E-state index contributed by atoms with van der Waals surface area (Å²) in [6.07, 6.45) is 6.21. The first-order valence-corrected chi connectivity index (χ1v) is 12.7. The summed E-state index contributed by atoms with van der Waals surface area (Å²) in [6, 6.07) is 6.08. The van der Waals surface area contributed by atoms with Crippen LogP contribution in [0.4, 0.5) is 0 Å². The molecule has 1 N–H and O–H groups in total. The fourth-order valence-electron chi connectivity index (χ4n) is 4.64. The molecule has 1 aliphatic rings. The third kappa shape index (κ3) is 4.74. The Balaban J connectivity index is 1.23. The zero-order valence-electron chi connectivity index (χ0n) is 19.7. The highest BCUT2D eigenvalue weighted by molar-refractivity contribution is 7.18. The molecular weight excluding hydrogens is 432 g/mol. The lowest BCUT2D eigenvalue weighted by Gasteiger charge is -2.33. The standard InChI is InChI=1S/C25H32N6OS/c1-4-17(2)13-20-18(3)33-25-23(20)24(32)27-21(28-25)16-30-11-9-29(10-12-30)14-19-15-31-8-6-5-7-22(31)26-19/h5-8,15,17H,4,9-14,16H2,1-3H3,(H,27,28,32)/t17-/m1/s1. The number of pyridine rings is 1. The van der Waals surface area contributed by atoms with Gasteiger partial charge in [-0.2, -0.15) is 0 Å². The Bertz CT molecular complexity index is 1280. The molecule has 1 aliphatic heterocycles. The van der Waals surface area contributed by atoms with Gasteiger partial charge in [-0.15, -0.1) is 11.3 Å². The maximum Gasteiger partial charge on any atom is 0.259 e. The van der Waals surface area contributed by atoms with Gasteiger partial charge in [0.25, 0.3) is 5.56 Å². The minimum Gasteiger partial charge on any atom is -0.309 e. The van der Waals surface area contributed by atoms with Crippen molar-refractivity contribution in [3.05, 3.63) is 62.9 Å². The number of rotatable bonds is 7. The molecule has 1 atom stereocenters. The van der Waals surface area contributed by atoms with Crippen molar-refractivity contribution in [1.82, 2.24) is 29.2 Å². The number of aryl methyl sites for hydroxylation is 1. The largest absolute Gasteiger partial charge is 0.309 e. The highest BCUT2D eigenvalue weighted by Crippen LogP contribution is 2.29. The van der Waals surface area contributed by atoms with Gasteiger partial charge in [0.15, 0.2) is 0 Å². The van der Waals surface area contributed by atoms with E-state index in [9.17, 15) is 4.79 Å². The summed E-state index contributed by atoms with van der Waals surface area (Å²) < 4.78 is 2.07. The molecule has 0 amide bonds. The Morgan fingerprint density at radius 3 is 2.61 bits per heavy atom. The lowest BCUT2D eigenvalue weighted by Crippen LogP contribution is -2.45. The van der Waals surface area contributed by atoms with Crippen molar-refractivity contribution in [2.45, 2.75) is 46.7 Å². The molecule has 1 saturated heterocycles. The van der Waals surface area contributed by atoms with Crippen molar-refractivity contribution in [3.8, 4) is 0 Å². The van der Waals surface area contributed by atoms with Gasteiger partial charge in [-0.1, -0.05) is 26.3 Å². The van der Waals surface area contributed by atoms with E-state index >= 15 is 0 Å². The first-order chi connectivity index (χ1) is 16.0. The molecular formula is C25H32N6OS. The number of aromatic nitrogens is 4. The van der Waals surface area contributed by atoms with E-state index in [1.807, 2.05) is 24.4 Å². The first kappa shape index (κ1) is 22.3. The number of hydrogen-bond acceptors (Lipinski definition) is 6. The predicted molar refractivity (Wildman–Crippen MR) is 134 cm³/mol. The van der Waals surface area contributed by atoms with Gasteiger partial charge in [0.1, 0.15) is 16.3 Å². The van der Waals surface area contributed by atoms with Gasteiger partial charge in [-0.3, -0.25) is 14.6 Å². The molecule has 0 aromatic carbocycles. The Labute approximate surface area is 198 Å². The average molecular weight is 465 g/mol. The van der Waals surface area contributed by atoms with E-state index in [0.717, 1.165) is 72.9 Å². The second kappa shape index (κ2) is 9.37. The predicted octanol–water partition coefficient (Wildman–Crippen LogP) is 3.85. The third-order valence-corrected chi connectivity index (χ3v) is 7.84. The fourth-order valence-corrected chi connectivity index (χ4v) is 5.72. The molecule has 0 aliphatic carbocycles. The molecule has 0 saturated carbocycles. The quantitative estimate of drug-likeness (QED) is 0.450. The molecule has 4 aromatic rings. The number of aromatic amines is 1. The Hall–Kier alpha value is -2.55. The van der Waals surface area contributed by atoms with Gasteiger partial charge in [-0.05, 0) is 37.0 Å². The van der Waals surface area contributed by atoms with Crippen molar-refractivity contribution >= 4 is 27.2 Å². The average Bonchev–Trinajstić information content (AvgIpc) is 3.35. The molecule has 174 valence electrons. The summed E-state index contributed by atoms with van der Waals surface area (Å²) in [5.41, 5.74) is 3.30. The number of piperazine rings is 1. The number of imidazole rings is 1. The summed E-state index contributed by atoms with van der Waals surface area (Å²) in [6.45, 7) is 12.0. The lowest BCUT2D eigenvalue weighted by atomic mass is 9.98. The van der Waals surface area contributed by atoms with E-state index in [-0.39, 0.29) is 5.56 Å². The maximum absolute atomic E-state index is 12.9. The van der Waals surface area contributed by atoms with Gasteiger partial charge in [-0.25, -0.2) is 9.97 Å². The van der Waals surface area contributed by atoms with Crippen molar-refractivity contribution in [1.29, 1.82) is 0 Å². The van der Waals surface area contributed by atoms with Crippen molar-refractivity contribution in [2.75, 3.05) is 26.2 Å². The van der Waals surface area contributed by atoms with Crippen LogP contribution < -0.4 is 5.56 Å². The molecule has 8 heteroatoms. The number of thiophene rings is 1. The minimum atomic E-state index is 0.0168. The monoisotopic (exact) mass is 464 g/mol. The van der Waals surface area contributed by atoms with E-state index in [2.05, 4.69) is 46.2 Å². The van der Waals surface area contributed by atoms with E-state index in [4.69, 9.17) is 9.97 Å². The summed E-state index contributed by atoms with van der Waals surface area (Å²) in [7, 11) is 0. The second-order valence-electron chi connectivity index (χ2n) is 9.30. The van der Waals surface area contributed by atoms with Crippen LogP contribution >= 0.6 is 11.3 Å². The zero-order chi connectivity index (χ0) is 22.9. The highest BCUT2D eigenvalue weighted by atomic mass is 32.1. The van der Waals surface area contributed by atoms with Gasteiger partial charge >= 0.3 is 0 Å². The Kier molecular flexibility index (Phi) is 6.32. The number of hydrogen-bond donors (Lipinski definition) is 1. The molecule has 0 spiro atoms. The molecule has 5 heterocycles. The van der Waals surface area contributed by atoms with Crippen LogP contribution in [0.15, 0.2) is 35.4 Å². The molecule has 5 rings (SSSR count). The van der Waals surface area contributed by atoms with Crippen LogP contribution in [0.5, 0.6) is 0 Å². The zero-order valence-corrected chi connectivity index (χ0v) is 20.5. The Morgan fingerprint density at radius 2 is 1.88 bits per heavy atom. The van der Waals surface area contributed by atoms with Crippen LogP contribution in [0.1, 0.15) is 42.2 Å². The van der Waals surface area contributed by atoms with Crippen molar-refractivity contribution in [3.63, 3.8) is 0 Å². The van der Waals surface area contributed by atoms with Crippen LogP contribution in [-0.2, 0) is 19.5 Å². The van der Waals surface area contributed by atoms with Crippen LogP contribution in [0.2, 0.25) is 0 Å². The normalized spacial score (nSPS) is 16.7. The Morgan fingerprint density at radius 1 is 1.12 bits per heavy atom. The molecule has 0 radical (unpaired) electrons. The maximum atomic E-state index is 12.9. The number of nitrogens with one attached hydrogen (secondary N) is 1. The molecule has 4 aromatic heterocycles. The van der Waals surface area contributed by atoms with Crippen LogP contribution in [-0.4, -0.2) is 55.3 Å².